The van der Waals surface area contributed by atoms with Gasteiger partial charge in [-0.3, -0.25) is 14.9 Å². The normalized spacial score (nSPS) is 11.2. The average Bonchev–Trinajstić information content (AvgIpc) is 2.54. The van der Waals surface area contributed by atoms with Crippen molar-refractivity contribution >= 4 is 24.2 Å². The zero-order valence-corrected chi connectivity index (χ0v) is 14.8. The minimum atomic E-state index is -1.89. The summed E-state index contributed by atoms with van der Waals surface area (Å²) in [6, 6.07) is 3.34. The van der Waals surface area contributed by atoms with E-state index in [4.69, 9.17) is 4.74 Å². The highest BCUT2D eigenvalue weighted by atomic mass is 16.6. The van der Waals surface area contributed by atoms with Gasteiger partial charge < -0.3 is 20.1 Å². The van der Waals surface area contributed by atoms with Crippen LogP contribution in [0.3, 0.4) is 0 Å². The molecule has 1 amide bonds. The summed E-state index contributed by atoms with van der Waals surface area (Å²) in [5, 5.41) is 32.0. The average molecular weight is 352 g/mol. The number of ether oxygens (including phenoxy) is 1. The maximum absolute atomic E-state index is 12.2. The molecule has 0 fully saturated rings. The first-order chi connectivity index (χ1) is 11.7. The number of unbranched alkanes of at least 4 members (excludes halogenated alkanes) is 1. The molecule has 25 heavy (non-hydrogen) atoms. The van der Waals surface area contributed by atoms with Crippen LogP contribution in [0.2, 0.25) is 0 Å². The molecule has 9 heteroatoms. The number of benzene rings is 1. The van der Waals surface area contributed by atoms with Gasteiger partial charge >= 0.3 is 7.12 Å². The van der Waals surface area contributed by atoms with Crippen molar-refractivity contribution in [3.8, 4) is 0 Å². The molecule has 0 aliphatic heterocycles. The Labute approximate surface area is 147 Å². The van der Waals surface area contributed by atoms with Gasteiger partial charge in [0.05, 0.1) is 10.5 Å². The Bertz CT molecular complexity index is 606. The quantitative estimate of drug-likeness (QED) is 0.250. The number of rotatable bonds is 10. The number of nitro benzene ring substituents is 1. The van der Waals surface area contributed by atoms with Gasteiger partial charge in [0.2, 0.25) is 0 Å². The second-order valence-corrected chi connectivity index (χ2v) is 6.41. The van der Waals surface area contributed by atoms with E-state index in [1.165, 1.54) is 6.07 Å². The predicted octanol–water partition coefficient (Wildman–Crippen LogP) is 0.990. The number of hydrogen-bond acceptors (Lipinski definition) is 6. The van der Waals surface area contributed by atoms with E-state index >= 15 is 0 Å². The second kappa shape index (κ2) is 9.50. The molecule has 138 valence electrons. The monoisotopic (exact) mass is 352 g/mol. The van der Waals surface area contributed by atoms with Gasteiger partial charge in [0.15, 0.2) is 0 Å². The van der Waals surface area contributed by atoms with Crippen molar-refractivity contribution in [3.05, 3.63) is 33.9 Å². The molecule has 0 saturated heterocycles. The summed E-state index contributed by atoms with van der Waals surface area (Å²) in [5.74, 6) is -0.519. The fourth-order valence-corrected chi connectivity index (χ4v) is 2.16. The van der Waals surface area contributed by atoms with Crippen LogP contribution in [-0.4, -0.2) is 46.7 Å². The fraction of sp³-hybridized carbons (Fsp3) is 0.562. The van der Waals surface area contributed by atoms with Crippen LogP contribution >= 0.6 is 0 Å². The number of amides is 1. The summed E-state index contributed by atoms with van der Waals surface area (Å²) in [6.45, 7) is 6.93. The Morgan fingerprint density at radius 1 is 1.36 bits per heavy atom. The lowest BCUT2D eigenvalue weighted by molar-refractivity contribution is -0.384. The first-order valence-electron chi connectivity index (χ1n) is 8.24. The highest BCUT2D eigenvalue weighted by Gasteiger charge is 2.21. The number of carbonyl (C=O) groups is 1. The largest absolute Gasteiger partial charge is 0.488 e. The van der Waals surface area contributed by atoms with Gasteiger partial charge in [-0.15, -0.1) is 0 Å². The molecule has 0 radical (unpaired) electrons. The van der Waals surface area contributed by atoms with E-state index in [-0.39, 0.29) is 16.7 Å². The minimum Gasteiger partial charge on any atom is -0.423 e. The lowest BCUT2D eigenvalue weighted by Crippen LogP contribution is -2.35. The first-order valence-corrected chi connectivity index (χ1v) is 8.24. The number of carbonyl (C=O) groups excluding carboxylic acids is 1. The van der Waals surface area contributed by atoms with Crippen LogP contribution in [0.25, 0.3) is 0 Å². The lowest BCUT2D eigenvalue weighted by atomic mass is 9.79. The van der Waals surface area contributed by atoms with Crippen LogP contribution in [0.5, 0.6) is 0 Å². The smallest absolute Gasteiger partial charge is 0.423 e. The lowest BCUT2D eigenvalue weighted by Gasteiger charge is -2.25. The summed E-state index contributed by atoms with van der Waals surface area (Å²) in [5.41, 5.74) is -0.874. The van der Waals surface area contributed by atoms with Crippen LogP contribution in [0.1, 0.15) is 50.4 Å². The molecule has 0 aliphatic rings. The van der Waals surface area contributed by atoms with E-state index in [2.05, 4.69) is 12.2 Å². The minimum absolute atomic E-state index is 0.00186. The van der Waals surface area contributed by atoms with Gasteiger partial charge in [-0.2, -0.15) is 0 Å². The zero-order valence-electron chi connectivity index (χ0n) is 14.8. The number of nitro groups is 1. The van der Waals surface area contributed by atoms with Crippen LogP contribution < -0.4 is 10.8 Å². The molecule has 0 bridgehead atoms. The maximum Gasteiger partial charge on any atom is 0.488 e. The molecule has 0 aliphatic carbocycles. The maximum atomic E-state index is 12.2. The predicted molar refractivity (Wildman–Crippen MR) is 94.8 cm³/mol. The number of non-ortho nitro benzene ring substituents is 1. The molecule has 0 saturated carbocycles. The van der Waals surface area contributed by atoms with E-state index in [0.29, 0.717) is 19.6 Å². The number of nitrogens with one attached hydrogen (secondary N) is 1. The molecule has 1 rings (SSSR count). The van der Waals surface area contributed by atoms with Gasteiger partial charge in [0, 0.05) is 30.8 Å². The Morgan fingerprint density at radius 2 is 2.04 bits per heavy atom. The first kappa shape index (κ1) is 21.1. The molecular formula is C16H25BN2O6. The van der Waals surface area contributed by atoms with Crippen molar-refractivity contribution in [2.45, 2.75) is 45.6 Å². The molecular weight excluding hydrogens is 327 g/mol. The van der Waals surface area contributed by atoms with Gasteiger partial charge in [-0.1, -0.05) is 13.3 Å². The van der Waals surface area contributed by atoms with E-state index < -0.39 is 23.5 Å². The standard InChI is InChI=1S/C16H25BN2O6/c1-4-5-8-25-16(2,3)6-7-18-15(20)12-9-13(17(21)22)11-14(10-12)19(23)24/h9-11,21-22H,4-8H2,1-3H3,(H,18,20). The van der Waals surface area contributed by atoms with Crippen LogP contribution in [0, 0.1) is 10.1 Å². The second-order valence-electron chi connectivity index (χ2n) is 6.41. The van der Waals surface area contributed by atoms with Crippen molar-refractivity contribution < 1.29 is 24.5 Å². The highest BCUT2D eigenvalue weighted by Crippen LogP contribution is 2.15. The number of hydrogen-bond donors (Lipinski definition) is 3. The Balaban J connectivity index is 2.69. The van der Waals surface area contributed by atoms with Crippen LogP contribution in [-0.2, 0) is 4.74 Å². The SMILES string of the molecule is CCCCOC(C)(C)CCNC(=O)c1cc(B(O)O)cc([N+](=O)[O-])c1. The summed E-state index contributed by atoms with van der Waals surface area (Å²) >= 11 is 0. The van der Waals surface area contributed by atoms with E-state index in [1.54, 1.807) is 0 Å². The third kappa shape index (κ3) is 7.21. The van der Waals surface area contributed by atoms with Gasteiger partial charge in [-0.25, -0.2) is 0 Å². The molecule has 8 nitrogen and oxygen atoms in total. The van der Waals surface area contributed by atoms with Gasteiger partial charge in [0.25, 0.3) is 11.6 Å². The molecule has 0 unspecified atom stereocenters. The molecule has 0 heterocycles. The van der Waals surface area contributed by atoms with Crippen molar-refractivity contribution in [1.82, 2.24) is 5.32 Å². The summed E-state index contributed by atoms with van der Waals surface area (Å²) in [6.07, 6.45) is 2.58. The third-order valence-corrected chi connectivity index (χ3v) is 3.71. The third-order valence-electron chi connectivity index (χ3n) is 3.71. The summed E-state index contributed by atoms with van der Waals surface area (Å²) in [7, 11) is -1.89. The Kier molecular flexibility index (Phi) is 8.01. The summed E-state index contributed by atoms with van der Waals surface area (Å²) in [4.78, 5) is 22.4. The molecule has 1 aromatic rings. The van der Waals surface area contributed by atoms with Gasteiger partial charge in [-0.05, 0) is 38.2 Å². The Hall–Kier alpha value is -1.97. The fourth-order valence-electron chi connectivity index (χ4n) is 2.16. The van der Waals surface area contributed by atoms with Crippen molar-refractivity contribution in [1.29, 1.82) is 0 Å². The molecule has 3 N–H and O–H groups in total. The topological polar surface area (TPSA) is 122 Å². The van der Waals surface area contributed by atoms with E-state index in [1.807, 2.05) is 13.8 Å². The van der Waals surface area contributed by atoms with Crippen molar-refractivity contribution in [3.63, 3.8) is 0 Å². The zero-order chi connectivity index (χ0) is 19.0. The van der Waals surface area contributed by atoms with Gasteiger partial charge in [0.1, 0.15) is 0 Å². The molecule has 0 aromatic heterocycles. The van der Waals surface area contributed by atoms with E-state index in [0.717, 1.165) is 25.0 Å². The summed E-state index contributed by atoms with van der Waals surface area (Å²) < 4.78 is 5.75. The highest BCUT2D eigenvalue weighted by molar-refractivity contribution is 6.58. The van der Waals surface area contributed by atoms with Crippen LogP contribution in [0.4, 0.5) is 5.69 Å². The number of nitrogens with zero attached hydrogens (tertiary/aromatic N) is 1. The molecule has 1 aromatic carbocycles. The van der Waals surface area contributed by atoms with Crippen LogP contribution in [0.15, 0.2) is 18.2 Å². The Morgan fingerprint density at radius 3 is 2.60 bits per heavy atom. The molecule has 0 spiro atoms. The van der Waals surface area contributed by atoms with Crippen molar-refractivity contribution in [2.24, 2.45) is 0 Å². The van der Waals surface area contributed by atoms with E-state index in [9.17, 15) is 25.0 Å². The molecule has 0 atom stereocenters. The van der Waals surface area contributed by atoms with Crippen molar-refractivity contribution in [2.75, 3.05) is 13.2 Å².